The van der Waals surface area contributed by atoms with Crippen LogP contribution in [0.4, 0.5) is 17.3 Å². The third-order valence-corrected chi connectivity index (χ3v) is 3.61. The molecule has 1 aromatic carbocycles. The van der Waals surface area contributed by atoms with Crippen LogP contribution in [0.1, 0.15) is 13.3 Å². The van der Waals surface area contributed by atoms with Crippen molar-refractivity contribution in [2.75, 3.05) is 24.6 Å². The Morgan fingerprint density at radius 1 is 1.29 bits per heavy atom. The van der Waals surface area contributed by atoms with Crippen molar-refractivity contribution in [1.82, 2.24) is 9.97 Å². The zero-order valence-electron chi connectivity index (χ0n) is 13.2. The standard InChI is InChI=1S/C14H19N5O4S/c1-2-19(10-3-11-23-24(20,21)22)13-6-4-12(5-7-13)17-18-14-15-8-9-16-14/h4-9H,2-3,10-11H2,1H3,(H,15,16)(H,20,21,22). The van der Waals surface area contributed by atoms with Crippen molar-refractivity contribution < 1.29 is 17.2 Å². The molecule has 0 bridgehead atoms. The summed E-state index contributed by atoms with van der Waals surface area (Å²) in [6.07, 6.45) is 3.73. The normalized spacial score (nSPS) is 11.9. The molecule has 0 aliphatic rings. The van der Waals surface area contributed by atoms with E-state index in [4.69, 9.17) is 4.55 Å². The molecule has 9 nitrogen and oxygen atoms in total. The maximum Gasteiger partial charge on any atom is 0.397 e. The van der Waals surface area contributed by atoms with E-state index in [0.29, 0.717) is 24.6 Å². The topological polar surface area (TPSA) is 120 Å². The molecule has 0 unspecified atom stereocenters. The second-order valence-corrected chi connectivity index (χ2v) is 5.90. The average molecular weight is 353 g/mol. The fourth-order valence-electron chi connectivity index (χ4n) is 2.04. The predicted octanol–water partition coefficient (Wildman–Crippen LogP) is 2.86. The number of hydrogen-bond acceptors (Lipinski definition) is 7. The number of nitrogens with one attached hydrogen (secondary N) is 1. The lowest BCUT2D eigenvalue weighted by Gasteiger charge is -2.22. The molecule has 0 aliphatic carbocycles. The van der Waals surface area contributed by atoms with Crippen LogP contribution in [0.5, 0.6) is 0 Å². The Balaban J connectivity index is 1.89. The lowest BCUT2D eigenvalue weighted by molar-refractivity contribution is 0.266. The second-order valence-electron chi connectivity index (χ2n) is 4.81. The lowest BCUT2D eigenvalue weighted by Crippen LogP contribution is -2.25. The van der Waals surface area contributed by atoms with Crippen LogP contribution in [0.25, 0.3) is 0 Å². The van der Waals surface area contributed by atoms with Gasteiger partial charge in [-0.1, -0.05) is 0 Å². The van der Waals surface area contributed by atoms with Crippen molar-refractivity contribution in [2.24, 2.45) is 10.2 Å². The molecule has 0 aliphatic heterocycles. The predicted molar refractivity (Wildman–Crippen MR) is 89.2 cm³/mol. The summed E-state index contributed by atoms with van der Waals surface area (Å²) < 4.78 is 33.8. The van der Waals surface area contributed by atoms with Gasteiger partial charge in [0, 0.05) is 31.2 Å². The van der Waals surface area contributed by atoms with Gasteiger partial charge in [-0.2, -0.15) is 8.42 Å². The summed E-state index contributed by atoms with van der Waals surface area (Å²) in [7, 11) is -4.37. The van der Waals surface area contributed by atoms with Gasteiger partial charge in [0.15, 0.2) is 0 Å². The van der Waals surface area contributed by atoms with Gasteiger partial charge in [0.25, 0.3) is 0 Å². The number of H-pyrrole nitrogens is 1. The summed E-state index contributed by atoms with van der Waals surface area (Å²) in [5.41, 5.74) is 1.67. The summed E-state index contributed by atoms with van der Waals surface area (Å²) in [6.45, 7) is 3.28. The summed E-state index contributed by atoms with van der Waals surface area (Å²) in [5, 5.41) is 8.04. The van der Waals surface area contributed by atoms with E-state index in [1.807, 2.05) is 31.2 Å². The number of anilines is 1. The SMILES string of the molecule is CCN(CCCOS(=O)(=O)O)c1ccc(N=Nc2ncc[nH]2)cc1. The average Bonchev–Trinajstić information content (AvgIpc) is 3.06. The van der Waals surface area contributed by atoms with E-state index in [1.54, 1.807) is 12.4 Å². The van der Waals surface area contributed by atoms with Gasteiger partial charge in [-0.05, 0) is 37.6 Å². The van der Waals surface area contributed by atoms with Gasteiger partial charge in [-0.15, -0.1) is 10.2 Å². The quantitative estimate of drug-likeness (QED) is 0.406. The van der Waals surface area contributed by atoms with E-state index in [1.165, 1.54) is 0 Å². The summed E-state index contributed by atoms with van der Waals surface area (Å²) >= 11 is 0. The van der Waals surface area contributed by atoms with Crippen molar-refractivity contribution in [3.05, 3.63) is 36.7 Å². The maximum atomic E-state index is 10.5. The molecule has 130 valence electrons. The Morgan fingerprint density at radius 3 is 2.62 bits per heavy atom. The molecule has 0 spiro atoms. The number of rotatable bonds is 9. The van der Waals surface area contributed by atoms with Crippen LogP contribution in [-0.2, 0) is 14.6 Å². The third-order valence-electron chi connectivity index (χ3n) is 3.15. The van der Waals surface area contributed by atoms with Crippen LogP contribution in [0.15, 0.2) is 46.9 Å². The van der Waals surface area contributed by atoms with Crippen LogP contribution >= 0.6 is 0 Å². The number of nitrogens with zero attached hydrogens (tertiary/aromatic N) is 4. The molecule has 0 radical (unpaired) electrons. The Labute approximate surface area is 140 Å². The van der Waals surface area contributed by atoms with Gasteiger partial charge in [0.2, 0.25) is 5.95 Å². The highest BCUT2D eigenvalue weighted by Gasteiger charge is 2.07. The molecule has 2 rings (SSSR count). The molecule has 2 aromatic rings. The second kappa shape index (κ2) is 8.52. The van der Waals surface area contributed by atoms with Crippen molar-refractivity contribution in [3.8, 4) is 0 Å². The highest BCUT2D eigenvalue weighted by Crippen LogP contribution is 2.21. The first-order valence-electron chi connectivity index (χ1n) is 7.36. The zero-order chi connectivity index (χ0) is 17.4. The zero-order valence-corrected chi connectivity index (χ0v) is 14.0. The lowest BCUT2D eigenvalue weighted by atomic mass is 10.2. The molecule has 1 heterocycles. The number of aromatic nitrogens is 2. The Morgan fingerprint density at radius 2 is 2.04 bits per heavy atom. The summed E-state index contributed by atoms with van der Waals surface area (Å²) in [5.74, 6) is 0.438. The summed E-state index contributed by atoms with van der Waals surface area (Å²) in [4.78, 5) is 8.84. The van der Waals surface area contributed by atoms with Crippen molar-refractivity contribution in [2.45, 2.75) is 13.3 Å². The Bertz CT molecular complexity index is 744. The Kier molecular flexibility index (Phi) is 6.41. The molecule has 2 N–H and O–H groups in total. The molecule has 1 aromatic heterocycles. The number of hydrogen-bond donors (Lipinski definition) is 2. The highest BCUT2D eigenvalue weighted by molar-refractivity contribution is 7.80. The fourth-order valence-corrected chi connectivity index (χ4v) is 2.36. The monoisotopic (exact) mass is 353 g/mol. The highest BCUT2D eigenvalue weighted by atomic mass is 32.3. The molecular weight excluding hydrogens is 334 g/mol. The Hall–Kier alpha value is -2.30. The van der Waals surface area contributed by atoms with Gasteiger partial charge in [0.1, 0.15) is 0 Å². The molecule has 0 saturated heterocycles. The fraction of sp³-hybridized carbons (Fsp3) is 0.357. The van der Waals surface area contributed by atoms with Gasteiger partial charge in [-0.25, -0.2) is 9.17 Å². The number of aromatic amines is 1. The van der Waals surface area contributed by atoms with Crippen molar-refractivity contribution >= 4 is 27.7 Å². The number of imidazole rings is 1. The molecule has 0 amide bonds. The first kappa shape index (κ1) is 18.0. The molecule has 10 heteroatoms. The van der Waals surface area contributed by atoms with Gasteiger partial charge < -0.3 is 9.88 Å². The van der Waals surface area contributed by atoms with Crippen molar-refractivity contribution in [1.29, 1.82) is 0 Å². The largest absolute Gasteiger partial charge is 0.397 e. The minimum atomic E-state index is -4.37. The van der Waals surface area contributed by atoms with E-state index in [0.717, 1.165) is 12.2 Å². The van der Waals surface area contributed by atoms with Gasteiger partial charge >= 0.3 is 10.4 Å². The minimum absolute atomic E-state index is 0.0647. The van der Waals surface area contributed by atoms with Crippen LogP contribution in [0.2, 0.25) is 0 Å². The number of azo groups is 1. The van der Waals surface area contributed by atoms with Gasteiger partial charge in [-0.3, -0.25) is 4.55 Å². The van der Waals surface area contributed by atoms with E-state index in [-0.39, 0.29) is 6.61 Å². The first-order valence-corrected chi connectivity index (χ1v) is 8.72. The molecule has 0 saturated carbocycles. The van der Waals surface area contributed by atoms with E-state index < -0.39 is 10.4 Å². The van der Waals surface area contributed by atoms with E-state index in [2.05, 4.69) is 29.3 Å². The van der Waals surface area contributed by atoms with Crippen LogP contribution < -0.4 is 4.90 Å². The minimum Gasteiger partial charge on any atom is -0.372 e. The maximum absolute atomic E-state index is 10.5. The van der Waals surface area contributed by atoms with E-state index >= 15 is 0 Å². The number of benzene rings is 1. The molecular formula is C14H19N5O4S. The van der Waals surface area contributed by atoms with Gasteiger partial charge in [0.05, 0.1) is 12.3 Å². The van der Waals surface area contributed by atoms with Crippen LogP contribution in [-0.4, -0.2) is 42.6 Å². The summed E-state index contributed by atoms with van der Waals surface area (Å²) in [6, 6.07) is 7.48. The van der Waals surface area contributed by atoms with E-state index in [9.17, 15) is 8.42 Å². The smallest absolute Gasteiger partial charge is 0.372 e. The molecule has 0 atom stereocenters. The van der Waals surface area contributed by atoms with Crippen LogP contribution in [0, 0.1) is 0 Å². The first-order chi connectivity index (χ1) is 11.5. The third kappa shape index (κ3) is 6.07. The van der Waals surface area contributed by atoms with Crippen molar-refractivity contribution in [3.63, 3.8) is 0 Å². The molecule has 0 fully saturated rings. The van der Waals surface area contributed by atoms with Crippen LogP contribution in [0.3, 0.4) is 0 Å². The molecule has 24 heavy (non-hydrogen) atoms.